The highest BCUT2D eigenvalue weighted by atomic mass is 19.1. The molecule has 1 aliphatic heterocycles. The number of benzene rings is 2. The summed E-state index contributed by atoms with van der Waals surface area (Å²) in [6.07, 6.45) is 1.14. The minimum Gasteiger partial charge on any atom is -0.423 e. The summed E-state index contributed by atoms with van der Waals surface area (Å²) in [5.74, 6) is 0.353. The maximum absolute atomic E-state index is 13.8. The maximum Gasteiger partial charge on any atom is 0.338 e. The molecule has 1 fully saturated rings. The van der Waals surface area contributed by atoms with E-state index < -0.39 is 17.8 Å². The van der Waals surface area contributed by atoms with Gasteiger partial charge in [-0.2, -0.15) is 0 Å². The van der Waals surface area contributed by atoms with Gasteiger partial charge in [0.25, 0.3) is 0 Å². The van der Waals surface area contributed by atoms with Crippen LogP contribution in [0.4, 0.5) is 15.9 Å². The molecule has 3 N–H and O–H groups in total. The molecule has 34 heavy (non-hydrogen) atoms. The third-order valence-corrected chi connectivity index (χ3v) is 6.58. The lowest BCUT2D eigenvalue weighted by Crippen LogP contribution is -2.44. The molecule has 0 bridgehead atoms. The Morgan fingerprint density at radius 2 is 1.88 bits per heavy atom. The van der Waals surface area contributed by atoms with Gasteiger partial charge in [0.15, 0.2) is 0 Å². The van der Waals surface area contributed by atoms with E-state index in [9.17, 15) is 19.4 Å². The molecule has 7 nitrogen and oxygen atoms in total. The number of nitrogens with one attached hydrogen (secondary N) is 1. The first-order valence-corrected chi connectivity index (χ1v) is 11.4. The van der Waals surface area contributed by atoms with Crippen LogP contribution in [0.3, 0.4) is 0 Å². The Hall–Kier alpha value is -3.49. The highest BCUT2D eigenvalue weighted by Gasteiger charge is 2.30. The van der Waals surface area contributed by atoms with Crippen molar-refractivity contribution in [2.24, 2.45) is 5.92 Å². The molecule has 2 atom stereocenters. The Balaban J connectivity index is 1.22. The highest BCUT2D eigenvalue weighted by molar-refractivity contribution is 5.92. The van der Waals surface area contributed by atoms with E-state index in [1.807, 2.05) is 18.2 Å². The number of para-hydroxylation sites is 1. The van der Waals surface area contributed by atoms with Gasteiger partial charge in [0.1, 0.15) is 17.2 Å². The summed E-state index contributed by atoms with van der Waals surface area (Å²) >= 11 is 0. The van der Waals surface area contributed by atoms with Gasteiger partial charge in [-0.05, 0) is 54.5 Å². The molecule has 0 amide bonds. The molecule has 5 rings (SSSR count). The van der Waals surface area contributed by atoms with Gasteiger partial charge in [0.2, 0.25) is 0 Å². The van der Waals surface area contributed by atoms with Crippen molar-refractivity contribution < 1.29 is 19.0 Å². The van der Waals surface area contributed by atoms with Gasteiger partial charge in [-0.25, -0.2) is 14.2 Å². The average molecular weight is 464 g/mol. The zero-order chi connectivity index (χ0) is 23.7. The normalized spacial score (nSPS) is 16.6. The Morgan fingerprint density at radius 3 is 2.71 bits per heavy atom. The molecule has 2 aromatic carbocycles. The van der Waals surface area contributed by atoms with Gasteiger partial charge in [-0.1, -0.05) is 18.2 Å². The van der Waals surface area contributed by atoms with Crippen LogP contribution in [0.5, 0.6) is 0 Å². The Bertz CT molecular complexity index is 1370. The summed E-state index contributed by atoms with van der Waals surface area (Å²) < 4.78 is 19.0. The lowest BCUT2D eigenvalue weighted by atomic mass is 9.88. The number of fused-ring (bicyclic) bond motifs is 2. The number of pyridine rings is 1. The number of rotatable bonds is 6. The van der Waals surface area contributed by atoms with E-state index in [2.05, 4.69) is 15.2 Å². The molecule has 176 valence electrons. The van der Waals surface area contributed by atoms with E-state index in [1.54, 1.807) is 24.4 Å². The quantitative estimate of drug-likeness (QED) is 0.376. The first-order valence-electron chi connectivity index (χ1n) is 11.4. The average Bonchev–Trinajstić information content (AvgIpc) is 2.86. The predicted molar refractivity (Wildman–Crippen MR) is 130 cm³/mol. The second kappa shape index (κ2) is 9.40. The zero-order valence-electron chi connectivity index (χ0n) is 18.5. The van der Waals surface area contributed by atoms with Gasteiger partial charge < -0.3 is 24.8 Å². The van der Waals surface area contributed by atoms with E-state index in [0.717, 1.165) is 22.0 Å². The summed E-state index contributed by atoms with van der Waals surface area (Å²) in [6.45, 7) is 1.39. The number of hydrogen-bond acceptors (Lipinski definition) is 7. The number of nitrogens with zero attached hydrogens (tertiary/aromatic N) is 2. The van der Waals surface area contributed by atoms with Crippen molar-refractivity contribution in [2.75, 3.05) is 29.9 Å². The molecule has 1 saturated heterocycles. The van der Waals surface area contributed by atoms with Crippen molar-refractivity contribution in [3.05, 3.63) is 77.0 Å². The van der Waals surface area contributed by atoms with Gasteiger partial charge in [-0.3, -0.25) is 0 Å². The highest BCUT2D eigenvalue weighted by Crippen LogP contribution is 2.30. The molecule has 0 spiro atoms. The van der Waals surface area contributed by atoms with Gasteiger partial charge in [0, 0.05) is 42.7 Å². The molecule has 2 unspecified atom stereocenters. The molecule has 1 aliphatic rings. The molecular formula is C26H26FN3O4. The van der Waals surface area contributed by atoms with Gasteiger partial charge >= 0.3 is 5.63 Å². The molecular weight excluding hydrogens is 437 g/mol. The fourth-order valence-electron chi connectivity index (χ4n) is 4.74. The van der Waals surface area contributed by atoms with Crippen molar-refractivity contribution in [2.45, 2.75) is 25.0 Å². The van der Waals surface area contributed by atoms with Crippen molar-refractivity contribution >= 4 is 33.2 Å². The second-order valence-electron chi connectivity index (χ2n) is 8.74. The summed E-state index contributed by atoms with van der Waals surface area (Å²) in [5.41, 5.74) is 0.537. The van der Waals surface area contributed by atoms with Crippen LogP contribution in [0.1, 0.15) is 12.8 Å². The Labute approximate surface area is 195 Å². The molecule has 4 aromatic rings. The lowest BCUT2D eigenvalue weighted by molar-refractivity contribution is -0.0166. The van der Waals surface area contributed by atoms with Crippen LogP contribution in [0, 0.1) is 11.7 Å². The van der Waals surface area contributed by atoms with Crippen molar-refractivity contribution in [3.8, 4) is 0 Å². The Morgan fingerprint density at radius 1 is 1.09 bits per heavy atom. The molecule has 3 heterocycles. The molecule has 0 radical (unpaired) electrons. The van der Waals surface area contributed by atoms with E-state index in [4.69, 9.17) is 4.42 Å². The van der Waals surface area contributed by atoms with Gasteiger partial charge in [0.05, 0.1) is 17.9 Å². The molecule has 0 saturated carbocycles. The Kier molecular flexibility index (Phi) is 6.17. The van der Waals surface area contributed by atoms with Crippen molar-refractivity contribution in [1.29, 1.82) is 0 Å². The molecule has 2 aromatic heterocycles. The molecule has 0 aliphatic carbocycles. The van der Waals surface area contributed by atoms with Crippen LogP contribution in [-0.4, -0.2) is 47.0 Å². The lowest BCUT2D eigenvalue weighted by Gasteiger charge is -2.36. The minimum atomic E-state index is -1.01. The largest absolute Gasteiger partial charge is 0.423 e. The fourth-order valence-corrected chi connectivity index (χ4v) is 4.74. The first kappa shape index (κ1) is 22.3. The molecule has 8 heteroatoms. The van der Waals surface area contributed by atoms with Crippen molar-refractivity contribution in [1.82, 2.24) is 4.98 Å². The summed E-state index contributed by atoms with van der Waals surface area (Å²) in [4.78, 5) is 18.4. The third kappa shape index (κ3) is 4.47. The van der Waals surface area contributed by atoms with E-state index >= 15 is 0 Å². The number of piperidine rings is 1. The van der Waals surface area contributed by atoms with Crippen LogP contribution >= 0.6 is 0 Å². The van der Waals surface area contributed by atoms with E-state index in [-0.39, 0.29) is 18.3 Å². The van der Waals surface area contributed by atoms with Crippen LogP contribution in [0.15, 0.2) is 70.0 Å². The van der Waals surface area contributed by atoms with Crippen LogP contribution in [0.2, 0.25) is 0 Å². The monoisotopic (exact) mass is 463 g/mol. The SMILES string of the molecule is O=c1cc(NCC(O)C(O)C2CCN(c3nccc4ccc(F)cc34)CC2)c2ccccc2o1. The minimum absolute atomic E-state index is 0.0858. The van der Waals surface area contributed by atoms with E-state index in [0.29, 0.717) is 37.2 Å². The van der Waals surface area contributed by atoms with Crippen LogP contribution < -0.4 is 15.8 Å². The third-order valence-electron chi connectivity index (χ3n) is 6.58. The van der Waals surface area contributed by atoms with Crippen molar-refractivity contribution in [3.63, 3.8) is 0 Å². The van der Waals surface area contributed by atoms with Gasteiger partial charge in [-0.15, -0.1) is 0 Å². The number of aromatic nitrogens is 1. The number of aliphatic hydroxyl groups excluding tert-OH is 2. The van der Waals surface area contributed by atoms with Crippen LogP contribution in [-0.2, 0) is 0 Å². The standard InChI is InChI=1S/C26H26FN3O4/c27-18-6-5-16-7-10-28-26(20(16)13-18)30-11-8-17(9-12-30)25(33)22(31)15-29-21-14-24(32)34-23-4-2-1-3-19(21)23/h1-7,10,13-14,17,22,25,29,31,33H,8-9,11-12,15H2. The fraction of sp³-hybridized carbons (Fsp3) is 0.308. The second-order valence-corrected chi connectivity index (χ2v) is 8.74. The predicted octanol–water partition coefficient (Wildman–Crippen LogP) is 3.53. The first-order chi connectivity index (χ1) is 16.5. The number of aliphatic hydroxyl groups is 2. The maximum atomic E-state index is 13.8. The number of hydrogen-bond donors (Lipinski definition) is 3. The van der Waals surface area contributed by atoms with Crippen LogP contribution in [0.25, 0.3) is 21.7 Å². The summed E-state index contributed by atoms with van der Waals surface area (Å²) in [5, 5.41) is 27.0. The topological polar surface area (TPSA) is 98.8 Å². The summed E-state index contributed by atoms with van der Waals surface area (Å²) in [7, 11) is 0. The zero-order valence-corrected chi connectivity index (χ0v) is 18.5. The number of halogens is 1. The smallest absolute Gasteiger partial charge is 0.338 e. The number of anilines is 2. The summed E-state index contributed by atoms with van der Waals surface area (Å²) in [6, 6.07) is 15.0. The van der Waals surface area contributed by atoms with E-state index in [1.165, 1.54) is 18.2 Å².